The molecule has 1 heterocycles. The SMILES string of the molecule is Cc1ccc(C)c(C2CC(CO)CN2)c1. The van der Waals surface area contributed by atoms with Crippen molar-refractivity contribution in [2.75, 3.05) is 13.2 Å². The molecule has 2 heteroatoms. The van der Waals surface area contributed by atoms with Gasteiger partial charge in [-0.05, 0) is 37.3 Å². The minimum absolute atomic E-state index is 0.300. The van der Waals surface area contributed by atoms with E-state index in [1.54, 1.807) is 0 Å². The van der Waals surface area contributed by atoms with Gasteiger partial charge in [-0.15, -0.1) is 0 Å². The van der Waals surface area contributed by atoms with Crippen molar-refractivity contribution < 1.29 is 5.11 Å². The average Bonchev–Trinajstić information content (AvgIpc) is 2.70. The van der Waals surface area contributed by atoms with E-state index in [2.05, 4.69) is 37.4 Å². The number of hydrogen-bond donors (Lipinski definition) is 2. The minimum atomic E-state index is 0.300. The summed E-state index contributed by atoms with van der Waals surface area (Å²) in [6, 6.07) is 7.02. The van der Waals surface area contributed by atoms with Crippen molar-refractivity contribution in [2.45, 2.75) is 26.3 Å². The van der Waals surface area contributed by atoms with Gasteiger partial charge in [-0.2, -0.15) is 0 Å². The van der Waals surface area contributed by atoms with Gasteiger partial charge in [-0.1, -0.05) is 23.8 Å². The largest absolute Gasteiger partial charge is 0.396 e. The molecule has 1 aliphatic heterocycles. The quantitative estimate of drug-likeness (QED) is 0.773. The molecule has 1 aliphatic rings. The van der Waals surface area contributed by atoms with Crippen molar-refractivity contribution in [1.82, 2.24) is 5.32 Å². The van der Waals surface area contributed by atoms with Crippen LogP contribution in [0.3, 0.4) is 0 Å². The first-order valence-corrected chi connectivity index (χ1v) is 5.62. The zero-order chi connectivity index (χ0) is 10.8. The van der Waals surface area contributed by atoms with Crippen LogP contribution in [0.5, 0.6) is 0 Å². The summed E-state index contributed by atoms with van der Waals surface area (Å²) in [5, 5.41) is 12.6. The number of aryl methyl sites for hydroxylation is 2. The second-order valence-electron chi connectivity index (χ2n) is 4.61. The molecule has 0 radical (unpaired) electrons. The number of rotatable bonds is 2. The van der Waals surface area contributed by atoms with E-state index in [-0.39, 0.29) is 0 Å². The first-order valence-electron chi connectivity index (χ1n) is 5.62. The number of hydrogen-bond acceptors (Lipinski definition) is 2. The lowest BCUT2D eigenvalue weighted by atomic mass is 9.95. The van der Waals surface area contributed by atoms with E-state index in [9.17, 15) is 0 Å². The van der Waals surface area contributed by atoms with Crippen LogP contribution in [-0.2, 0) is 0 Å². The first-order chi connectivity index (χ1) is 7.20. The molecular weight excluding hydrogens is 186 g/mol. The molecule has 2 unspecified atom stereocenters. The Morgan fingerprint density at radius 2 is 2.20 bits per heavy atom. The maximum Gasteiger partial charge on any atom is 0.0472 e. The smallest absolute Gasteiger partial charge is 0.0472 e. The van der Waals surface area contributed by atoms with E-state index in [0.717, 1.165) is 13.0 Å². The van der Waals surface area contributed by atoms with Gasteiger partial charge in [0.05, 0.1) is 0 Å². The highest BCUT2D eigenvalue weighted by Gasteiger charge is 2.25. The van der Waals surface area contributed by atoms with Gasteiger partial charge >= 0.3 is 0 Å². The van der Waals surface area contributed by atoms with Crippen molar-refractivity contribution >= 4 is 0 Å². The summed E-state index contributed by atoms with van der Waals surface area (Å²) < 4.78 is 0. The van der Waals surface area contributed by atoms with Crippen molar-refractivity contribution in [3.8, 4) is 0 Å². The van der Waals surface area contributed by atoms with Gasteiger partial charge in [0, 0.05) is 19.2 Å². The molecule has 0 saturated carbocycles. The molecule has 2 N–H and O–H groups in total. The van der Waals surface area contributed by atoms with Crippen LogP contribution < -0.4 is 5.32 Å². The van der Waals surface area contributed by atoms with Crippen LogP contribution in [0.15, 0.2) is 18.2 Å². The van der Waals surface area contributed by atoms with Gasteiger partial charge in [-0.25, -0.2) is 0 Å². The fraction of sp³-hybridized carbons (Fsp3) is 0.538. The van der Waals surface area contributed by atoms with Crippen LogP contribution in [0.25, 0.3) is 0 Å². The lowest BCUT2D eigenvalue weighted by Gasteiger charge is -2.14. The zero-order valence-corrected chi connectivity index (χ0v) is 9.46. The topological polar surface area (TPSA) is 32.3 Å². The highest BCUT2D eigenvalue weighted by atomic mass is 16.3. The van der Waals surface area contributed by atoms with Gasteiger partial charge in [0.15, 0.2) is 0 Å². The lowest BCUT2D eigenvalue weighted by Crippen LogP contribution is -2.15. The summed E-state index contributed by atoms with van der Waals surface area (Å²) in [5.41, 5.74) is 4.05. The summed E-state index contributed by atoms with van der Waals surface area (Å²) in [6.07, 6.45) is 1.06. The summed E-state index contributed by atoms with van der Waals surface area (Å²) in [6.45, 7) is 5.52. The fourth-order valence-electron chi connectivity index (χ4n) is 2.32. The number of nitrogens with one attached hydrogen (secondary N) is 1. The first kappa shape index (κ1) is 10.7. The summed E-state index contributed by atoms with van der Waals surface area (Å²) >= 11 is 0. The fourth-order valence-corrected chi connectivity index (χ4v) is 2.32. The van der Waals surface area contributed by atoms with Crippen LogP contribution in [0.4, 0.5) is 0 Å². The van der Waals surface area contributed by atoms with Gasteiger partial charge in [0.25, 0.3) is 0 Å². The minimum Gasteiger partial charge on any atom is -0.396 e. The molecule has 0 aliphatic carbocycles. The van der Waals surface area contributed by atoms with E-state index >= 15 is 0 Å². The van der Waals surface area contributed by atoms with E-state index in [0.29, 0.717) is 18.6 Å². The van der Waals surface area contributed by atoms with Gasteiger partial charge in [-0.3, -0.25) is 0 Å². The third-order valence-corrected chi connectivity index (χ3v) is 3.29. The van der Waals surface area contributed by atoms with E-state index in [1.807, 2.05) is 0 Å². The molecule has 1 fully saturated rings. The van der Waals surface area contributed by atoms with Crippen LogP contribution in [-0.4, -0.2) is 18.3 Å². The molecule has 2 rings (SSSR count). The standard InChI is InChI=1S/C13H19NO/c1-9-3-4-10(2)12(5-9)13-6-11(8-15)7-14-13/h3-5,11,13-15H,6-8H2,1-2H3. The molecule has 0 amide bonds. The molecular formula is C13H19NO. The molecule has 0 spiro atoms. The molecule has 1 aromatic carbocycles. The molecule has 0 aromatic heterocycles. The van der Waals surface area contributed by atoms with Crippen molar-refractivity contribution in [3.63, 3.8) is 0 Å². The van der Waals surface area contributed by atoms with Crippen molar-refractivity contribution in [1.29, 1.82) is 0 Å². The third-order valence-electron chi connectivity index (χ3n) is 3.29. The highest BCUT2D eigenvalue weighted by Crippen LogP contribution is 2.29. The molecule has 2 nitrogen and oxygen atoms in total. The van der Waals surface area contributed by atoms with Gasteiger partial charge < -0.3 is 10.4 Å². The second-order valence-corrected chi connectivity index (χ2v) is 4.61. The Labute approximate surface area is 91.3 Å². The molecule has 2 atom stereocenters. The van der Waals surface area contributed by atoms with Crippen LogP contribution in [0, 0.1) is 19.8 Å². The summed E-state index contributed by atoms with van der Waals surface area (Å²) in [4.78, 5) is 0. The maximum absolute atomic E-state index is 9.11. The van der Waals surface area contributed by atoms with Crippen molar-refractivity contribution in [2.24, 2.45) is 5.92 Å². The predicted molar refractivity (Wildman–Crippen MR) is 61.9 cm³/mol. The Kier molecular flexibility index (Phi) is 3.08. The third kappa shape index (κ3) is 2.21. The highest BCUT2D eigenvalue weighted by molar-refractivity contribution is 5.33. The monoisotopic (exact) mass is 205 g/mol. The molecule has 1 saturated heterocycles. The Bertz CT molecular complexity index is 348. The zero-order valence-electron chi connectivity index (χ0n) is 9.46. The van der Waals surface area contributed by atoms with Crippen LogP contribution >= 0.6 is 0 Å². The van der Waals surface area contributed by atoms with Crippen LogP contribution in [0.1, 0.15) is 29.2 Å². The number of aliphatic hydroxyl groups excluding tert-OH is 1. The van der Waals surface area contributed by atoms with Crippen molar-refractivity contribution in [3.05, 3.63) is 34.9 Å². The van der Waals surface area contributed by atoms with E-state index in [1.165, 1.54) is 16.7 Å². The van der Waals surface area contributed by atoms with Gasteiger partial charge in [0.2, 0.25) is 0 Å². The molecule has 15 heavy (non-hydrogen) atoms. The number of aliphatic hydroxyl groups is 1. The predicted octanol–water partition coefficient (Wildman–Crippen LogP) is 1.95. The van der Waals surface area contributed by atoms with E-state index < -0.39 is 0 Å². The molecule has 0 bridgehead atoms. The lowest BCUT2D eigenvalue weighted by molar-refractivity contribution is 0.236. The van der Waals surface area contributed by atoms with Crippen LogP contribution in [0.2, 0.25) is 0 Å². The Morgan fingerprint density at radius 1 is 1.40 bits per heavy atom. The summed E-state index contributed by atoms with van der Waals surface area (Å²) in [7, 11) is 0. The Morgan fingerprint density at radius 3 is 2.87 bits per heavy atom. The number of benzene rings is 1. The maximum atomic E-state index is 9.11. The normalized spacial score (nSPS) is 25.8. The average molecular weight is 205 g/mol. The Hall–Kier alpha value is -0.860. The Balaban J connectivity index is 2.19. The molecule has 82 valence electrons. The van der Waals surface area contributed by atoms with Gasteiger partial charge in [0.1, 0.15) is 0 Å². The summed E-state index contributed by atoms with van der Waals surface area (Å²) in [5.74, 6) is 0.426. The molecule has 1 aromatic rings. The second kappa shape index (κ2) is 4.33. The van der Waals surface area contributed by atoms with E-state index in [4.69, 9.17) is 5.11 Å².